The van der Waals surface area contributed by atoms with Crippen LogP contribution in [0.3, 0.4) is 0 Å². The standard InChI is InChI=1S/C19H21F3N2O4/c1-23-14-5-4-12(19(20,21)22)8-11(14)9-15(23)17(25)24-7-6-13(27-2)10-16(24)18(26)28-3/h4-5,8-9,13,16H,6-7,10H2,1-3H3/t13-,16-/m1/s1. The van der Waals surface area contributed by atoms with Gasteiger partial charge >= 0.3 is 12.1 Å². The van der Waals surface area contributed by atoms with Crippen molar-refractivity contribution in [3.05, 3.63) is 35.5 Å². The number of rotatable bonds is 3. The number of halogens is 3. The summed E-state index contributed by atoms with van der Waals surface area (Å²) in [5.74, 6) is -0.981. The van der Waals surface area contributed by atoms with E-state index in [1.54, 1.807) is 14.2 Å². The first-order chi connectivity index (χ1) is 13.2. The van der Waals surface area contributed by atoms with Crippen molar-refractivity contribution in [3.8, 4) is 0 Å². The SMILES string of the molecule is COC(=O)[C@H]1C[C@H](OC)CCN1C(=O)c1cc2cc(C(F)(F)F)ccc2n1C. The van der Waals surface area contributed by atoms with Crippen molar-refractivity contribution in [1.82, 2.24) is 9.47 Å². The first kappa shape index (κ1) is 20.2. The first-order valence-electron chi connectivity index (χ1n) is 8.75. The molecule has 1 aromatic carbocycles. The number of alkyl halides is 3. The number of amides is 1. The van der Waals surface area contributed by atoms with Gasteiger partial charge in [-0.2, -0.15) is 13.2 Å². The van der Waals surface area contributed by atoms with E-state index in [2.05, 4.69) is 0 Å². The number of esters is 1. The van der Waals surface area contributed by atoms with Crippen LogP contribution in [0.15, 0.2) is 24.3 Å². The number of carbonyl (C=O) groups excluding carboxylic acids is 2. The van der Waals surface area contributed by atoms with Gasteiger partial charge in [0.15, 0.2) is 0 Å². The second-order valence-corrected chi connectivity index (χ2v) is 6.78. The van der Waals surface area contributed by atoms with Gasteiger partial charge in [-0.05, 0) is 30.7 Å². The van der Waals surface area contributed by atoms with Gasteiger partial charge in [0, 0.05) is 38.0 Å². The summed E-state index contributed by atoms with van der Waals surface area (Å²) in [6.45, 7) is 0.284. The summed E-state index contributed by atoms with van der Waals surface area (Å²) >= 11 is 0. The maximum Gasteiger partial charge on any atom is 0.416 e. The summed E-state index contributed by atoms with van der Waals surface area (Å²) in [7, 11) is 4.40. The Kier molecular flexibility index (Phi) is 5.38. The Morgan fingerprint density at radius 1 is 1.18 bits per heavy atom. The van der Waals surface area contributed by atoms with Crippen LogP contribution in [0, 0.1) is 0 Å². The fraction of sp³-hybridized carbons (Fsp3) is 0.474. The molecular formula is C19H21F3N2O4. The van der Waals surface area contributed by atoms with Crippen LogP contribution in [-0.4, -0.2) is 54.3 Å². The van der Waals surface area contributed by atoms with Gasteiger partial charge in [0.05, 0.1) is 18.8 Å². The smallest absolute Gasteiger partial charge is 0.416 e. The average Bonchev–Trinajstić information content (AvgIpc) is 3.01. The van der Waals surface area contributed by atoms with Crippen molar-refractivity contribution in [2.75, 3.05) is 20.8 Å². The normalized spacial score (nSPS) is 20.4. The van der Waals surface area contributed by atoms with Crippen LogP contribution < -0.4 is 0 Å². The van der Waals surface area contributed by atoms with Crippen molar-refractivity contribution in [2.24, 2.45) is 7.05 Å². The third-order valence-corrected chi connectivity index (χ3v) is 5.21. The van der Waals surface area contributed by atoms with Crippen LogP contribution in [0.4, 0.5) is 13.2 Å². The molecular weight excluding hydrogens is 377 g/mol. The minimum atomic E-state index is -4.47. The maximum atomic E-state index is 13.1. The number of fused-ring (bicyclic) bond motifs is 1. The molecule has 0 N–H and O–H groups in total. The summed E-state index contributed by atoms with van der Waals surface area (Å²) in [4.78, 5) is 26.7. The number of carbonyl (C=O) groups is 2. The number of aryl methyl sites for hydroxylation is 1. The van der Waals surface area contributed by atoms with Gasteiger partial charge in [-0.25, -0.2) is 4.79 Å². The van der Waals surface area contributed by atoms with Crippen LogP contribution in [0.5, 0.6) is 0 Å². The first-order valence-corrected chi connectivity index (χ1v) is 8.75. The number of methoxy groups -OCH3 is 2. The topological polar surface area (TPSA) is 60.8 Å². The molecule has 1 aromatic heterocycles. The molecule has 1 aliphatic rings. The lowest BCUT2D eigenvalue weighted by molar-refractivity contribution is -0.149. The van der Waals surface area contributed by atoms with Gasteiger partial charge in [-0.1, -0.05) is 0 Å². The monoisotopic (exact) mass is 398 g/mol. The highest BCUT2D eigenvalue weighted by molar-refractivity contribution is 6.00. The lowest BCUT2D eigenvalue weighted by atomic mass is 9.98. The van der Waals surface area contributed by atoms with Crippen LogP contribution >= 0.6 is 0 Å². The van der Waals surface area contributed by atoms with Gasteiger partial charge in [0.2, 0.25) is 0 Å². The number of nitrogens with zero attached hydrogens (tertiary/aromatic N) is 2. The molecule has 1 saturated heterocycles. The number of benzene rings is 1. The Morgan fingerprint density at radius 3 is 2.50 bits per heavy atom. The predicted octanol–water partition coefficient (Wildman–Crippen LogP) is 2.99. The van der Waals surface area contributed by atoms with E-state index in [0.29, 0.717) is 23.7 Å². The molecule has 2 heterocycles. The molecule has 28 heavy (non-hydrogen) atoms. The molecule has 3 rings (SSSR count). The van der Waals surface area contributed by atoms with Gasteiger partial charge in [0.25, 0.3) is 5.91 Å². The predicted molar refractivity (Wildman–Crippen MR) is 94.8 cm³/mol. The number of aromatic nitrogens is 1. The molecule has 0 saturated carbocycles. The molecule has 2 aromatic rings. The van der Waals surface area contributed by atoms with Crippen molar-refractivity contribution >= 4 is 22.8 Å². The highest BCUT2D eigenvalue weighted by Gasteiger charge is 2.38. The molecule has 0 radical (unpaired) electrons. The highest BCUT2D eigenvalue weighted by Crippen LogP contribution is 2.33. The number of likely N-dealkylation sites (tertiary alicyclic amines) is 1. The minimum Gasteiger partial charge on any atom is -0.467 e. The summed E-state index contributed by atoms with van der Waals surface area (Å²) in [6, 6.07) is 3.95. The number of ether oxygens (including phenoxy) is 2. The fourth-order valence-corrected chi connectivity index (χ4v) is 3.63. The Bertz CT molecular complexity index is 906. The van der Waals surface area contributed by atoms with Gasteiger partial charge in [-0.15, -0.1) is 0 Å². The van der Waals surface area contributed by atoms with E-state index in [1.807, 2.05) is 0 Å². The van der Waals surface area contributed by atoms with Crippen LogP contribution in [-0.2, 0) is 27.5 Å². The second-order valence-electron chi connectivity index (χ2n) is 6.78. The largest absolute Gasteiger partial charge is 0.467 e. The van der Waals surface area contributed by atoms with E-state index in [9.17, 15) is 22.8 Å². The van der Waals surface area contributed by atoms with Crippen molar-refractivity contribution < 1.29 is 32.2 Å². The van der Waals surface area contributed by atoms with E-state index in [1.165, 1.54) is 28.7 Å². The third-order valence-electron chi connectivity index (χ3n) is 5.21. The zero-order chi connectivity index (χ0) is 20.6. The van der Waals surface area contributed by atoms with Crippen LogP contribution in [0.2, 0.25) is 0 Å². The van der Waals surface area contributed by atoms with Crippen molar-refractivity contribution in [1.29, 1.82) is 0 Å². The van der Waals surface area contributed by atoms with Crippen LogP contribution in [0.1, 0.15) is 28.9 Å². The van der Waals surface area contributed by atoms with E-state index in [4.69, 9.17) is 9.47 Å². The molecule has 1 fully saturated rings. The van der Waals surface area contributed by atoms with Crippen LogP contribution in [0.25, 0.3) is 10.9 Å². The van der Waals surface area contributed by atoms with E-state index < -0.39 is 29.7 Å². The zero-order valence-corrected chi connectivity index (χ0v) is 15.7. The second kappa shape index (κ2) is 7.46. The molecule has 0 unspecified atom stereocenters. The summed E-state index contributed by atoms with van der Waals surface area (Å²) in [5.41, 5.74) is -0.0743. The zero-order valence-electron chi connectivity index (χ0n) is 15.7. The summed E-state index contributed by atoms with van der Waals surface area (Å²) in [6.07, 6.45) is -3.78. The number of hydrogen-bond donors (Lipinski definition) is 0. The molecule has 0 aliphatic carbocycles. The van der Waals surface area contributed by atoms with E-state index in [0.717, 1.165) is 12.1 Å². The highest BCUT2D eigenvalue weighted by atomic mass is 19.4. The summed E-state index contributed by atoms with van der Waals surface area (Å²) in [5, 5.41) is 0.307. The quantitative estimate of drug-likeness (QED) is 0.746. The van der Waals surface area contributed by atoms with Gasteiger partial charge in [-0.3, -0.25) is 4.79 Å². The molecule has 0 spiro atoms. The molecule has 152 valence electrons. The fourth-order valence-electron chi connectivity index (χ4n) is 3.63. The van der Waals surface area contributed by atoms with Gasteiger partial charge in [0.1, 0.15) is 11.7 Å². The average molecular weight is 398 g/mol. The lowest BCUT2D eigenvalue weighted by Crippen LogP contribution is -2.52. The number of hydrogen-bond acceptors (Lipinski definition) is 4. The Labute approximate surface area is 159 Å². The lowest BCUT2D eigenvalue weighted by Gasteiger charge is -2.37. The Balaban J connectivity index is 1.97. The Hall–Kier alpha value is -2.55. The molecule has 2 atom stereocenters. The van der Waals surface area contributed by atoms with E-state index >= 15 is 0 Å². The summed E-state index contributed by atoms with van der Waals surface area (Å²) < 4.78 is 50.6. The molecule has 1 aliphatic heterocycles. The molecule has 6 nitrogen and oxygen atoms in total. The molecule has 9 heteroatoms. The maximum absolute atomic E-state index is 13.1. The molecule has 1 amide bonds. The third kappa shape index (κ3) is 3.58. The Morgan fingerprint density at radius 2 is 1.89 bits per heavy atom. The minimum absolute atomic E-state index is 0.171. The van der Waals surface area contributed by atoms with E-state index in [-0.39, 0.29) is 18.3 Å². The van der Waals surface area contributed by atoms with Crippen molar-refractivity contribution in [3.63, 3.8) is 0 Å². The number of piperidine rings is 1. The molecule has 0 bridgehead atoms. The van der Waals surface area contributed by atoms with Gasteiger partial charge < -0.3 is 18.9 Å². The van der Waals surface area contributed by atoms with Crippen molar-refractivity contribution in [2.45, 2.75) is 31.2 Å².